The van der Waals surface area contributed by atoms with Gasteiger partial charge < -0.3 is 9.47 Å². The summed E-state index contributed by atoms with van der Waals surface area (Å²) in [6.45, 7) is 0. The van der Waals surface area contributed by atoms with E-state index in [0.29, 0.717) is 5.75 Å². The van der Waals surface area contributed by atoms with Crippen molar-refractivity contribution in [1.82, 2.24) is 4.98 Å². The smallest absolute Gasteiger partial charge is 0.317 e. The Balaban J connectivity index is 1.61. The Morgan fingerprint density at radius 2 is 1.91 bits per heavy atom. The van der Waals surface area contributed by atoms with Crippen LogP contribution in [-0.2, 0) is 11.2 Å². The average molecular weight is 331 g/mol. The summed E-state index contributed by atoms with van der Waals surface area (Å²) >= 11 is 3.16. The largest absolute Gasteiger partial charge is 0.497 e. The van der Waals surface area contributed by atoms with Crippen LogP contribution in [0.3, 0.4) is 0 Å². The number of carbonyl (C=O) groups excluding carboxylic acids is 1. The van der Waals surface area contributed by atoms with Gasteiger partial charge in [-0.15, -0.1) is 11.3 Å². The standard InChI is InChI=1S/C16H13NO3S2/c1-19-13-2-4-14(5-3-13)20-15(18)8-12-10-22-16(17-12)11-6-7-21-9-11/h2-7,9-10H,8H2,1H3. The molecule has 112 valence electrons. The fraction of sp³-hybridized carbons (Fsp3) is 0.125. The van der Waals surface area contributed by atoms with Gasteiger partial charge in [0.05, 0.1) is 19.2 Å². The Morgan fingerprint density at radius 3 is 2.59 bits per heavy atom. The number of thiophene rings is 1. The molecule has 0 aliphatic rings. The topological polar surface area (TPSA) is 48.4 Å². The predicted molar refractivity (Wildman–Crippen MR) is 87.8 cm³/mol. The molecule has 22 heavy (non-hydrogen) atoms. The minimum absolute atomic E-state index is 0.159. The van der Waals surface area contributed by atoms with Gasteiger partial charge in [0.2, 0.25) is 0 Å². The molecule has 3 rings (SSSR count). The maximum atomic E-state index is 11.9. The van der Waals surface area contributed by atoms with Gasteiger partial charge in [-0.2, -0.15) is 11.3 Å². The zero-order valence-electron chi connectivity index (χ0n) is 11.8. The second-order valence-electron chi connectivity index (χ2n) is 4.48. The van der Waals surface area contributed by atoms with Crippen LogP contribution < -0.4 is 9.47 Å². The number of nitrogens with zero attached hydrogens (tertiary/aromatic N) is 1. The maximum Gasteiger partial charge on any atom is 0.317 e. The summed E-state index contributed by atoms with van der Waals surface area (Å²) in [7, 11) is 1.59. The lowest BCUT2D eigenvalue weighted by atomic mass is 10.3. The molecule has 4 nitrogen and oxygen atoms in total. The fourth-order valence-corrected chi connectivity index (χ4v) is 3.40. The zero-order valence-corrected chi connectivity index (χ0v) is 13.4. The highest BCUT2D eigenvalue weighted by molar-refractivity contribution is 7.14. The first-order valence-electron chi connectivity index (χ1n) is 6.56. The molecule has 2 heterocycles. The van der Waals surface area contributed by atoms with E-state index in [0.717, 1.165) is 22.0 Å². The zero-order chi connectivity index (χ0) is 15.4. The molecule has 0 saturated carbocycles. The highest BCUT2D eigenvalue weighted by Crippen LogP contribution is 2.26. The van der Waals surface area contributed by atoms with E-state index in [4.69, 9.17) is 9.47 Å². The Morgan fingerprint density at radius 1 is 1.14 bits per heavy atom. The van der Waals surface area contributed by atoms with Gasteiger partial charge in [0.15, 0.2) is 0 Å². The number of carbonyl (C=O) groups is 1. The van der Waals surface area contributed by atoms with E-state index < -0.39 is 0 Å². The highest BCUT2D eigenvalue weighted by Gasteiger charge is 2.11. The Hall–Kier alpha value is -2.18. The molecule has 0 radical (unpaired) electrons. The number of esters is 1. The molecule has 0 unspecified atom stereocenters. The first-order chi connectivity index (χ1) is 10.7. The first-order valence-corrected chi connectivity index (χ1v) is 8.38. The van der Waals surface area contributed by atoms with Crippen LogP contribution in [-0.4, -0.2) is 18.1 Å². The van der Waals surface area contributed by atoms with Crippen LogP contribution in [0.2, 0.25) is 0 Å². The van der Waals surface area contributed by atoms with E-state index in [-0.39, 0.29) is 12.4 Å². The van der Waals surface area contributed by atoms with E-state index >= 15 is 0 Å². The van der Waals surface area contributed by atoms with Crippen LogP contribution in [0.25, 0.3) is 10.6 Å². The molecule has 2 aromatic heterocycles. The SMILES string of the molecule is COc1ccc(OC(=O)Cc2csc(-c3ccsc3)n2)cc1. The summed E-state index contributed by atoms with van der Waals surface area (Å²) in [5.74, 6) is 0.895. The van der Waals surface area contributed by atoms with E-state index in [9.17, 15) is 4.79 Å². The molecule has 3 aromatic rings. The van der Waals surface area contributed by atoms with Crippen molar-refractivity contribution in [2.24, 2.45) is 0 Å². The monoisotopic (exact) mass is 331 g/mol. The van der Waals surface area contributed by atoms with Gasteiger partial charge in [0.25, 0.3) is 0 Å². The quantitative estimate of drug-likeness (QED) is 0.523. The van der Waals surface area contributed by atoms with Crippen molar-refractivity contribution in [3.63, 3.8) is 0 Å². The molecule has 0 spiro atoms. The molecule has 1 aromatic carbocycles. The van der Waals surface area contributed by atoms with Gasteiger partial charge in [-0.05, 0) is 35.7 Å². The molecule has 0 atom stereocenters. The van der Waals surface area contributed by atoms with Crippen LogP contribution in [0, 0.1) is 0 Å². The summed E-state index contributed by atoms with van der Waals surface area (Å²) in [6.07, 6.45) is 0.159. The summed E-state index contributed by atoms with van der Waals surface area (Å²) in [6, 6.07) is 8.92. The van der Waals surface area contributed by atoms with Gasteiger partial charge in [0, 0.05) is 16.3 Å². The average Bonchev–Trinajstić information content (AvgIpc) is 3.19. The number of benzene rings is 1. The van der Waals surface area contributed by atoms with Crippen LogP contribution >= 0.6 is 22.7 Å². The predicted octanol–water partition coefficient (Wildman–Crippen LogP) is 4.03. The number of ether oxygens (including phenoxy) is 2. The minimum Gasteiger partial charge on any atom is -0.497 e. The lowest BCUT2D eigenvalue weighted by Gasteiger charge is -2.04. The van der Waals surface area contributed by atoms with E-state index in [2.05, 4.69) is 4.98 Å². The molecule has 6 heteroatoms. The number of thiazole rings is 1. The van der Waals surface area contributed by atoms with Crippen molar-refractivity contribution in [1.29, 1.82) is 0 Å². The molecular weight excluding hydrogens is 318 g/mol. The van der Waals surface area contributed by atoms with E-state index in [1.807, 2.05) is 22.2 Å². The van der Waals surface area contributed by atoms with Crippen LogP contribution in [0.1, 0.15) is 5.69 Å². The summed E-state index contributed by atoms with van der Waals surface area (Å²) in [5, 5.41) is 6.86. The molecule has 0 bridgehead atoms. The number of aromatic nitrogens is 1. The number of methoxy groups -OCH3 is 1. The third kappa shape index (κ3) is 3.52. The highest BCUT2D eigenvalue weighted by atomic mass is 32.1. The fourth-order valence-electron chi connectivity index (χ4n) is 1.87. The van der Waals surface area contributed by atoms with Crippen molar-refractivity contribution in [3.05, 3.63) is 52.2 Å². The van der Waals surface area contributed by atoms with Crippen molar-refractivity contribution in [3.8, 4) is 22.1 Å². The Kier molecular flexibility index (Phi) is 4.50. The number of hydrogen-bond acceptors (Lipinski definition) is 6. The maximum absolute atomic E-state index is 11.9. The second-order valence-corrected chi connectivity index (χ2v) is 6.12. The van der Waals surface area contributed by atoms with Gasteiger partial charge in [0.1, 0.15) is 16.5 Å². The number of rotatable bonds is 5. The lowest BCUT2D eigenvalue weighted by molar-refractivity contribution is -0.133. The summed E-state index contributed by atoms with van der Waals surface area (Å²) in [5.41, 5.74) is 1.81. The van der Waals surface area contributed by atoms with Gasteiger partial charge in [-0.25, -0.2) is 4.98 Å². The van der Waals surface area contributed by atoms with Gasteiger partial charge >= 0.3 is 5.97 Å². The Labute approximate surface area is 136 Å². The van der Waals surface area contributed by atoms with Crippen molar-refractivity contribution >= 4 is 28.6 Å². The molecule has 0 saturated heterocycles. The Bertz CT molecular complexity index is 748. The minimum atomic E-state index is -0.327. The van der Waals surface area contributed by atoms with Crippen molar-refractivity contribution < 1.29 is 14.3 Å². The van der Waals surface area contributed by atoms with E-state index in [1.54, 1.807) is 42.7 Å². The van der Waals surface area contributed by atoms with E-state index in [1.165, 1.54) is 11.3 Å². The third-order valence-corrected chi connectivity index (χ3v) is 4.56. The summed E-state index contributed by atoms with van der Waals surface area (Å²) < 4.78 is 10.3. The van der Waals surface area contributed by atoms with Crippen molar-refractivity contribution in [2.75, 3.05) is 7.11 Å². The third-order valence-electron chi connectivity index (χ3n) is 2.94. The molecule has 0 fully saturated rings. The first kappa shape index (κ1) is 14.7. The molecule has 0 aliphatic heterocycles. The van der Waals surface area contributed by atoms with Crippen LogP contribution in [0.15, 0.2) is 46.5 Å². The molecular formula is C16H13NO3S2. The van der Waals surface area contributed by atoms with Crippen LogP contribution in [0.4, 0.5) is 0 Å². The molecule has 0 amide bonds. The van der Waals surface area contributed by atoms with Gasteiger partial charge in [-0.1, -0.05) is 0 Å². The van der Waals surface area contributed by atoms with Crippen LogP contribution in [0.5, 0.6) is 11.5 Å². The molecule has 0 aliphatic carbocycles. The second kappa shape index (κ2) is 6.72. The summed E-state index contributed by atoms with van der Waals surface area (Å²) in [4.78, 5) is 16.4. The lowest BCUT2D eigenvalue weighted by Crippen LogP contribution is -2.11. The number of hydrogen-bond donors (Lipinski definition) is 0. The molecule has 0 N–H and O–H groups in total. The van der Waals surface area contributed by atoms with Crippen molar-refractivity contribution in [2.45, 2.75) is 6.42 Å². The normalized spacial score (nSPS) is 10.4. The van der Waals surface area contributed by atoms with Gasteiger partial charge in [-0.3, -0.25) is 4.79 Å².